The van der Waals surface area contributed by atoms with Crippen LogP contribution >= 0.6 is 11.6 Å². The number of nitro groups is 1. The van der Waals surface area contributed by atoms with E-state index in [2.05, 4.69) is 5.32 Å². The first-order valence-corrected chi connectivity index (χ1v) is 6.41. The highest BCUT2D eigenvalue weighted by molar-refractivity contribution is 6.33. The summed E-state index contributed by atoms with van der Waals surface area (Å²) in [5.74, 6) is -0.637. The highest BCUT2D eigenvalue weighted by Crippen LogP contribution is 2.28. The van der Waals surface area contributed by atoms with Gasteiger partial charge in [-0.05, 0) is 17.5 Å². The highest BCUT2D eigenvalue weighted by atomic mass is 35.5. The summed E-state index contributed by atoms with van der Waals surface area (Å²) in [6.07, 6.45) is -0.760. The molecule has 0 fully saturated rings. The Bertz CT molecular complexity index is 526. The largest absolute Gasteiger partial charge is 0.391 e. The van der Waals surface area contributed by atoms with Gasteiger partial charge in [-0.1, -0.05) is 38.4 Å². The van der Waals surface area contributed by atoms with Crippen molar-refractivity contribution < 1.29 is 14.8 Å². The van der Waals surface area contributed by atoms with Crippen molar-refractivity contribution in [3.63, 3.8) is 0 Å². The topological polar surface area (TPSA) is 92.5 Å². The molecule has 0 radical (unpaired) electrons. The van der Waals surface area contributed by atoms with Crippen molar-refractivity contribution >= 4 is 23.2 Å². The van der Waals surface area contributed by atoms with Gasteiger partial charge in [-0.25, -0.2) is 0 Å². The van der Waals surface area contributed by atoms with Crippen LogP contribution in [0.15, 0.2) is 18.2 Å². The average molecular weight is 301 g/mol. The van der Waals surface area contributed by atoms with Crippen LogP contribution in [0.25, 0.3) is 0 Å². The van der Waals surface area contributed by atoms with Crippen molar-refractivity contribution in [3.05, 3.63) is 38.9 Å². The van der Waals surface area contributed by atoms with Crippen LogP contribution in [-0.2, 0) is 0 Å². The molecule has 6 nitrogen and oxygen atoms in total. The van der Waals surface area contributed by atoms with Crippen LogP contribution in [0.1, 0.15) is 31.1 Å². The Labute approximate surface area is 121 Å². The SMILES string of the molecule is CC(C)(C)C(O)CNC(=O)c1cccc(Cl)c1[N+](=O)[O-]. The first kappa shape index (κ1) is 16.4. The molecule has 0 spiro atoms. The Balaban J connectivity index is 2.89. The third-order valence-electron chi connectivity index (χ3n) is 2.87. The van der Waals surface area contributed by atoms with Gasteiger partial charge in [-0.3, -0.25) is 14.9 Å². The molecule has 1 amide bonds. The molecule has 7 heteroatoms. The summed E-state index contributed by atoms with van der Waals surface area (Å²) in [4.78, 5) is 22.2. The van der Waals surface area contributed by atoms with Crippen molar-refractivity contribution in [3.8, 4) is 0 Å². The van der Waals surface area contributed by atoms with Gasteiger partial charge in [-0.2, -0.15) is 0 Å². The molecule has 0 aliphatic rings. The van der Waals surface area contributed by atoms with Crippen LogP contribution in [0, 0.1) is 15.5 Å². The zero-order chi connectivity index (χ0) is 15.5. The summed E-state index contributed by atoms with van der Waals surface area (Å²) in [6.45, 7) is 5.48. The predicted octanol–water partition coefficient (Wildman–Crippen LogP) is 2.39. The smallest absolute Gasteiger partial charge is 0.300 e. The molecule has 20 heavy (non-hydrogen) atoms. The van der Waals surface area contributed by atoms with Gasteiger partial charge in [0.1, 0.15) is 10.6 Å². The minimum absolute atomic E-state index is 0.00595. The molecule has 0 saturated heterocycles. The fraction of sp³-hybridized carbons (Fsp3) is 0.462. The molecule has 110 valence electrons. The minimum atomic E-state index is -0.760. The number of para-hydroxylation sites is 1. The third kappa shape index (κ3) is 3.91. The van der Waals surface area contributed by atoms with Crippen molar-refractivity contribution in [2.24, 2.45) is 5.41 Å². The quantitative estimate of drug-likeness (QED) is 0.659. The van der Waals surface area contributed by atoms with E-state index in [1.807, 2.05) is 20.8 Å². The van der Waals surface area contributed by atoms with E-state index in [-0.39, 0.29) is 17.1 Å². The molecule has 0 aromatic heterocycles. The molecule has 0 aliphatic carbocycles. The maximum atomic E-state index is 12.0. The summed E-state index contributed by atoms with van der Waals surface area (Å²) in [6, 6.07) is 4.13. The fourth-order valence-corrected chi connectivity index (χ4v) is 1.72. The monoisotopic (exact) mass is 300 g/mol. The van der Waals surface area contributed by atoms with Gasteiger partial charge >= 0.3 is 5.69 Å². The van der Waals surface area contributed by atoms with Crippen molar-refractivity contribution in [2.75, 3.05) is 6.54 Å². The molecule has 1 rings (SSSR count). The van der Waals surface area contributed by atoms with Gasteiger partial charge in [0.15, 0.2) is 0 Å². The maximum Gasteiger partial charge on any atom is 0.300 e. The molecular formula is C13H17ClN2O4. The summed E-state index contributed by atoms with van der Waals surface area (Å²) >= 11 is 5.73. The van der Waals surface area contributed by atoms with E-state index in [9.17, 15) is 20.0 Å². The second kappa shape index (κ2) is 6.19. The van der Waals surface area contributed by atoms with Crippen molar-refractivity contribution in [2.45, 2.75) is 26.9 Å². The Morgan fingerprint density at radius 3 is 2.60 bits per heavy atom. The van der Waals surface area contributed by atoms with Gasteiger partial charge < -0.3 is 10.4 Å². The lowest BCUT2D eigenvalue weighted by molar-refractivity contribution is -0.385. The van der Waals surface area contributed by atoms with E-state index in [4.69, 9.17) is 11.6 Å². The van der Waals surface area contributed by atoms with Crippen molar-refractivity contribution in [1.29, 1.82) is 0 Å². The molecule has 0 bridgehead atoms. The Morgan fingerprint density at radius 1 is 1.50 bits per heavy atom. The molecule has 1 atom stereocenters. The number of rotatable bonds is 4. The Morgan fingerprint density at radius 2 is 2.10 bits per heavy atom. The summed E-state index contributed by atoms with van der Waals surface area (Å²) < 4.78 is 0. The number of nitro benzene ring substituents is 1. The van der Waals surface area contributed by atoms with Crippen LogP contribution in [0.5, 0.6) is 0 Å². The fourth-order valence-electron chi connectivity index (χ4n) is 1.47. The van der Waals surface area contributed by atoms with Crippen LogP contribution in [0.2, 0.25) is 5.02 Å². The zero-order valence-electron chi connectivity index (χ0n) is 11.5. The number of aliphatic hydroxyl groups excluding tert-OH is 1. The summed E-state index contributed by atoms with van der Waals surface area (Å²) in [7, 11) is 0. The first-order chi connectivity index (χ1) is 9.14. The number of carbonyl (C=O) groups is 1. The zero-order valence-corrected chi connectivity index (χ0v) is 12.3. The molecule has 0 aliphatic heterocycles. The molecule has 0 heterocycles. The number of aliphatic hydroxyl groups is 1. The average Bonchev–Trinajstić information content (AvgIpc) is 2.33. The van der Waals surface area contributed by atoms with E-state index in [1.54, 1.807) is 0 Å². The van der Waals surface area contributed by atoms with E-state index in [0.29, 0.717) is 0 Å². The van der Waals surface area contributed by atoms with Gasteiger partial charge in [0, 0.05) is 6.54 Å². The number of amides is 1. The van der Waals surface area contributed by atoms with E-state index >= 15 is 0 Å². The minimum Gasteiger partial charge on any atom is -0.391 e. The standard InChI is InChI=1S/C13H17ClN2O4/c1-13(2,3)10(17)7-15-12(18)8-5-4-6-9(14)11(8)16(19)20/h4-6,10,17H,7H2,1-3H3,(H,15,18). The number of benzene rings is 1. The van der Waals surface area contributed by atoms with E-state index in [1.165, 1.54) is 18.2 Å². The molecule has 1 unspecified atom stereocenters. The van der Waals surface area contributed by atoms with Gasteiger partial charge in [0.2, 0.25) is 0 Å². The van der Waals surface area contributed by atoms with Gasteiger partial charge in [0.05, 0.1) is 11.0 Å². The van der Waals surface area contributed by atoms with Crippen molar-refractivity contribution in [1.82, 2.24) is 5.32 Å². The highest BCUT2D eigenvalue weighted by Gasteiger charge is 2.26. The van der Waals surface area contributed by atoms with Gasteiger partial charge in [-0.15, -0.1) is 0 Å². The lowest BCUT2D eigenvalue weighted by Crippen LogP contribution is -2.39. The second-order valence-corrected chi connectivity index (χ2v) is 5.89. The maximum absolute atomic E-state index is 12.0. The predicted molar refractivity (Wildman–Crippen MR) is 75.9 cm³/mol. The lowest BCUT2D eigenvalue weighted by Gasteiger charge is -2.25. The molecule has 0 saturated carbocycles. The number of hydrogen-bond acceptors (Lipinski definition) is 4. The van der Waals surface area contributed by atoms with E-state index < -0.39 is 28.0 Å². The first-order valence-electron chi connectivity index (χ1n) is 6.03. The normalized spacial score (nSPS) is 12.8. The molecule has 1 aromatic rings. The second-order valence-electron chi connectivity index (χ2n) is 5.48. The molecule has 1 aromatic carbocycles. The van der Waals surface area contributed by atoms with Crippen LogP contribution in [0.4, 0.5) is 5.69 Å². The van der Waals surface area contributed by atoms with Crippen LogP contribution < -0.4 is 5.32 Å². The van der Waals surface area contributed by atoms with Crippen LogP contribution in [-0.4, -0.2) is 28.6 Å². The van der Waals surface area contributed by atoms with Gasteiger partial charge in [0.25, 0.3) is 5.91 Å². The molecular weight excluding hydrogens is 284 g/mol. The number of carbonyl (C=O) groups excluding carboxylic acids is 1. The van der Waals surface area contributed by atoms with E-state index in [0.717, 1.165) is 0 Å². The summed E-state index contributed by atoms with van der Waals surface area (Å²) in [5, 5.41) is 23.2. The third-order valence-corrected chi connectivity index (χ3v) is 3.17. The lowest BCUT2D eigenvalue weighted by atomic mass is 9.89. The van der Waals surface area contributed by atoms with Crippen LogP contribution in [0.3, 0.4) is 0 Å². The number of nitrogens with zero attached hydrogens (tertiary/aromatic N) is 1. The number of hydrogen-bond donors (Lipinski definition) is 2. The molecule has 2 N–H and O–H groups in total. The number of halogens is 1. The number of nitrogens with one attached hydrogen (secondary N) is 1. The summed E-state index contributed by atoms with van der Waals surface area (Å²) in [5.41, 5.74) is -0.950. The Hall–Kier alpha value is -1.66. The Kier molecular flexibility index (Phi) is 5.08.